The number of hydrogen-bond donors (Lipinski definition) is 0. The second kappa shape index (κ2) is 5.23. The Morgan fingerprint density at radius 1 is 1.37 bits per heavy atom. The number of benzene rings is 1. The Morgan fingerprint density at radius 3 is 2.53 bits per heavy atom. The fourth-order valence-corrected chi connectivity index (χ4v) is 1.63. The van der Waals surface area contributed by atoms with Crippen LogP contribution in [0.4, 0.5) is 17.6 Å². The predicted octanol–water partition coefficient (Wildman–Crippen LogP) is -1.89. The fourth-order valence-electron chi connectivity index (χ4n) is 1.63. The number of imidazole rings is 1. The Kier molecular flexibility index (Phi) is 4.27. The molecule has 0 saturated carbocycles. The van der Waals surface area contributed by atoms with Crippen molar-refractivity contribution in [3.63, 3.8) is 0 Å². The van der Waals surface area contributed by atoms with Gasteiger partial charge in [0.1, 0.15) is 23.8 Å². The number of alkyl halides is 3. The van der Waals surface area contributed by atoms with Gasteiger partial charge in [0, 0.05) is 0 Å². The van der Waals surface area contributed by atoms with Crippen molar-refractivity contribution in [3.8, 4) is 0 Å². The number of para-hydroxylation sites is 1. The van der Waals surface area contributed by atoms with Crippen molar-refractivity contribution < 1.29 is 46.3 Å². The third kappa shape index (κ3) is 3.08. The first-order valence-electron chi connectivity index (χ1n) is 4.72. The van der Waals surface area contributed by atoms with E-state index in [1.807, 2.05) is 0 Å². The topological polar surface area (TPSA) is 57.9 Å². The summed E-state index contributed by atoms with van der Waals surface area (Å²) in [5.74, 6) is -3.82. The van der Waals surface area contributed by atoms with Crippen LogP contribution < -0.4 is 24.0 Å². The molecule has 0 aliphatic rings. The molecule has 2 aromatic rings. The minimum atomic E-state index is -4.69. The number of rotatable bonds is 2. The van der Waals surface area contributed by atoms with Crippen LogP contribution in [0.25, 0.3) is 11.0 Å². The van der Waals surface area contributed by atoms with E-state index < -0.39 is 35.8 Å². The molecule has 9 heteroatoms. The molecular formula is C10H5F4LiN2O2. The number of fused-ring (bicyclic) bond motifs is 1. The molecule has 0 unspecified atom stereocenters. The average molecular weight is 268 g/mol. The standard InChI is InChI=1S/C10H6F4N2O2.Li/c11-5-2-1-3-6-7(5)16(4-10(12,13)14)8(15-6)9(17)18;/h1-3H,4H2,(H,17,18);/q;+1/p-1. The molecule has 1 heterocycles. The first-order valence-corrected chi connectivity index (χ1v) is 4.72. The molecule has 4 nitrogen and oxygen atoms in total. The smallest absolute Gasteiger partial charge is 0.542 e. The van der Waals surface area contributed by atoms with E-state index in [4.69, 9.17) is 0 Å². The monoisotopic (exact) mass is 268 g/mol. The maximum Gasteiger partial charge on any atom is 1.00 e. The van der Waals surface area contributed by atoms with Crippen LogP contribution in [0.15, 0.2) is 18.2 Å². The Hall–Kier alpha value is -1.52. The van der Waals surface area contributed by atoms with Crippen molar-refractivity contribution in [3.05, 3.63) is 29.8 Å². The van der Waals surface area contributed by atoms with Gasteiger partial charge in [0.15, 0.2) is 5.82 Å². The third-order valence-corrected chi connectivity index (χ3v) is 2.24. The number of hydrogen-bond acceptors (Lipinski definition) is 3. The molecule has 1 aromatic carbocycles. The molecule has 0 amide bonds. The zero-order chi connectivity index (χ0) is 13.5. The number of aromatic carboxylic acids is 1. The number of halogens is 4. The largest absolute Gasteiger partial charge is 1.00 e. The van der Waals surface area contributed by atoms with Gasteiger partial charge in [-0.2, -0.15) is 13.2 Å². The molecule has 0 saturated heterocycles. The van der Waals surface area contributed by atoms with Crippen LogP contribution in [0.1, 0.15) is 10.6 Å². The molecule has 0 radical (unpaired) electrons. The van der Waals surface area contributed by atoms with Gasteiger partial charge in [-0.3, -0.25) is 0 Å². The Morgan fingerprint density at radius 2 is 2.00 bits per heavy atom. The summed E-state index contributed by atoms with van der Waals surface area (Å²) in [6, 6.07) is 3.37. The van der Waals surface area contributed by atoms with Crippen molar-refractivity contribution in [2.45, 2.75) is 12.7 Å². The Bertz CT molecular complexity index is 624. The number of carbonyl (C=O) groups excluding carboxylic acids is 1. The minimum Gasteiger partial charge on any atom is -0.542 e. The van der Waals surface area contributed by atoms with Gasteiger partial charge in [0.2, 0.25) is 0 Å². The number of nitrogens with zero attached hydrogens (tertiary/aromatic N) is 2. The van der Waals surface area contributed by atoms with Gasteiger partial charge in [-0.05, 0) is 12.1 Å². The van der Waals surface area contributed by atoms with E-state index in [-0.39, 0.29) is 28.9 Å². The van der Waals surface area contributed by atoms with E-state index in [1.54, 1.807) is 0 Å². The molecule has 0 N–H and O–H groups in total. The zero-order valence-corrected chi connectivity index (χ0v) is 9.66. The first kappa shape index (κ1) is 15.5. The molecule has 1 aromatic heterocycles. The summed E-state index contributed by atoms with van der Waals surface area (Å²) < 4.78 is 50.7. The number of aromatic nitrogens is 2. The molecule has 19 heavy (non-hydrogen) atoms. The van der Waals surface area contributed by atoms with Gasteiger partial charge in [-0.25, -0.2) is 9.37 Å². The number of carbonyl (C=O) groups is 1. The second-order valence-corrected chi connectivity index (χ2v) is 3.53. The van der Waals surface area contributed by atoms with E-state index >= 15 is 0 Å². The van der Waals surface area contributed by atoms with Crippen molar-refractivity contribution in [1.29, 1.82) is 0 Å². The van der Waals surface area contributed by atoms with Crippen molar-refractivity contribution in [1.82, 2.24) is 9.55 Å². The van der Waals surface area contributed by atoms with Gasteiger partial charge in [-0.1, -0.05) is 6.07 Å². The van der Waals surface area contributed by atoms with Crippen LogP contribution in [0.3, 0.4) is 0 Å². The third-order valence-electron chi connectivity index (χ3n) is 2.24. The van der Waals surface area contributed by atoms with Gasteiger partial charge in [0.25, 0.3) is 0 Å². The summed E-state index contributed by atoms with van der Waals surface area (Å²) in [5.41, 5.74) is -0.674. The average Bonchev–Trinajstić information content (AvgIpc) is 2.56. The van der Waals surface area contributed by atoms with E-state index in [9.17, 15) is 27.5 Å². The van der Waals surface area contributed by atoms with Gasteiger partial charge in [-0.15, -0.1) is 0 Å². The molecule has 0 fully saturated rings. The number of carboxylic acids is 1. The minimum absolute atomic E-state index is 0. The van der Waals surface area contributed by atoms with E-state index in [0.717, 1.165) is 6.07 Å². The van der Waals surface area contributed by atoms with E-state index in [2.05, 4.69) is 4.98 Å². The summed E-state index contributed by atoms with van der Waals surface area (Å²) in [6.45, 7) is -1.65. The molecule has 0 aliphatic heterocycles. The molecule has 0 aliphatic carbocycles. The molecule has 2 rings (SSSR count). The fraction of sp³-hybridized carbons (Fsp3) is 0.200. The van der Waals surface area contributed by atoms with E-state index in [0.29, 0.717) is 0 Å². The van der Waals surface area contributed by atoms with Gasteiger partial charge < -0.3 is 14.5 Å². The zero-order valence-electron chi connectivity index (χ0n) is 9.66. The number of carboxylic acid groups (broad SMARTS) is 1. The molecule has 0 spiro atoms. The maximum atomic E-state index is 13.5. The van der Waals surface area contributed by atoms with Crippen LogP contribution in [-0.2, 0) is 6.54 Å². The van der Waals surface area contributed by atoms with Crippen LogP contribution in [-0.4, -0.2) is 21.7 Å². The van der Waals surface area contributed by atoms with Crippen molar-refractivity contribution >= 4 is 17.0 Å². The Labute approximate surface area is 116 Å². The summed E-state index contributed by atoms with van der Waals surface area (Å²) in [4.78, 5) is 14.1. The van der Waals surface area contributed by atoms with Crippen LogP contribution >= 0.6 is 0 Å². The summed E-state index contributed by atoms with van der Waals surface area (Å²) >= 11 is 0. The molecule has 0 atom stereocenters. The van der Waals surface area contributed by atoms with Gasteiger partial charge in [0.05, 0.1) is 5.52 Å². The quantitative estimate of drug-likeness (QED) is 0.472. The normalized spacial score (nSPS) is 11.4. The Balaban J connectivity index is 0.00000180. The predicted molar refractivity (Wildman–Crippen MR) is 50.1 cm³/mol. The van der Waals surface area contributed by atoms with Crippen molar-refractivity contribution in [2.24, 2.45) is 0 Å². The first-order chi connectivity index (χ1) is 8.29. The van der Waals surface area contributed by atoms with Crippen LogP contribution in [0, 0.1) is 5.82 Å². The van der Waals surface area contributed by atoms with Crippen LogP contribution in [0.2, 0.25) is 0 Å². The van der Waals surface area contributed by atoms with E-state index in [1.165, 1.54) is 12.1 Å². The second-order valence-electron chi connectivity index (χ2n) is 3.53. The molecule has 0 bridgehead atoms. The van der Waals surface area contributed by atoms with Crippen molar-refractivity contribution in [2.75, 3.05) is 0 Å². The summed E-state index contributed by atoms with van der Waals surface area (Å²) in [7, 11) is 0. The summed E-state index contributed by atoms with van der Waals surface area (Å²) in [6.07, 6.45) is -4.69. The SMILES string of the molecule is O=C([O-])c1nc2cccc(F)c2n1CC(F)(F)F.[Li+]. The van der Waals surface area contributed by atoms with Crippen LogP contribution in [0.5, 0.6) is 0 Å². The molecule has 96 valence electrons. The molecular weight excluding hydrogens is 263 g/mol. The summed E-state index contributed by atoms with van der Waals surface area (Å²) in [5, 5.41) is 10.7. The van der Waals surface area contributed by atoms with Gasteiger partial charge >= 0.3 is 25.0 Å². The maximum absolute atomic E-state index is 13.5.